The second kappa shape index (κ2) is 9.34. The van der Waals surface area contributed by atoms with E-state index in [2.05, 4.69) is 27.3 Å². The molecule has 2 aromatic carbocycles. The standard InChI is InChI=1S/C23H27FN4O3/c1-3-27-10-12-28(13-11-27)19-9-8-17(14-18(19)24)16(2)25-26-23(29)22-15-30-20-6-4-5-7-21(20)31-22/h4-9,14,22H,3,10-13,15H2,1-2H3,(H,26,29)/b25-16-/t22-/m1/s1. The molecule has 1 fully saturated rings. The van der Waals surface area contributed by atoms with Crippen LogP contribution in [-0.2, 0) is 4.79 Å². The predicted molar refractivity (Wildman–Crippen MR) is 117 cm³/mol. The van der Waals surface area contributed by atoms with E-state index < -0.39 is 12.0 Å². The molecule has 2 heterocycles. The maximum Gasteiger partial charge on any atom is 0.284 e. The first kappa shape index (κ1) is 21.1. The first-order chi connectivity index (χ1) is 15.0. The SMILES string of the molecule is CCN1CCN(c2ccc(/C(C)=N\NC(=O)[C@H]3COc4ccccc4O3)cc2F)CC1. The van der Waals surface area contributed by atoms with Gasteiger partial charge in [0.2, 0.25) is 6.10 Å². The van der Waals surface area contributed by atoms with Crippen LogP contribution in [0, 0.1) is 5.82 Å². The van der Waals surface area contributed by atoms with Gasteiger partial charge in [-0.25, -0.2) is 9.82 Å². The lowest BCUT2D eigenvalue weighted by Crippen LogP contribution is -2.46. The smallest absolute Gasteiger partial charge is 0.284 e. The molecule has 1 saturated heterocycles. The Morgan fingerprint density at radius 2 is 1.90 bits per heavy atom. The average Bonchev–Trinajstić information content (AvgIpc) is 2.82. The van der Waals surface area contributed by atoms with E-state index in [1.54, 1.807) is 25.1 Å². The molecule has 164 valence electrons. The molecule has 1 atom stereocenters. The van der Waals surface area contributed by atoms with Gasteiger partial charge in [-0.3, -0.25) is 4.79 Å². The Balaban J connectivity index is 1.37. The van der Waals surface area contributed by atoms with Gasteiger partial charge in [-0.1, -0.05) is 25.1 Å². The molecule has 2 aromatic rings. The summed E-state index contributed by atoms with van der Waals surface area (Å²) < 4.78 is 26.0. The lowest BCUT2D eigenvalue weighted by atomic mass is 10.1. The summed E-state index contributed by atoms with van der Waals surface area (Å²) in [4.78, 5) is 16.8. The molecule has 0 aromatic heterocycles. The third kappa shape index (κ3) is 4.80. The second-order valence-corrected chi connectivity index (χ2v) is 7.63. The summed E-state index contributed by atoms with van der Waals surface area (Å²) in [5.74, 6) is 0.425. The largest absolute Gasteiger partial charge is 0.485 e. The van der Waals surface area contributed by atoms with E-state index >= 15 is 0 Å². The summed E-state index contributed by atoms with van der Waals surface area (Å²) in [6, 6.07) is 12.2. The van der Waals surface area contributed by atoms with Crippen molar-refractivity contribution in [2.75, 3.05) is 44.2 Å². The van der Waals surface area contributed by atoms with Crippen LogP contribution in [0.2, 0.25) is 0 Å². The quantitative estimate of drug-likeness (QED) is 0.588. The van der Waals surface area contributed by atoms with Gasteiger partial charge in [0.25, 0.3) is 5.91 Å². The minimum absolute atomic E-state index is 0.103. The van der Waals surface area contributed by atoms with E-state index in [-0.39, 0.29) is 12.4 Å². The third-order valence-corrected chi connectivity index (χ3v) is 5.66. The fraction of sp³-hybridized carbons (Fsp3) is 0.391. The number of piperazine rings is 1. The van der Waals surface area contributed by atoms with Gasteiger partial charge in [0.1, 0.15) is 12.4 Å². The number of halogens is 1. The van der Waals surface area contributed by atoms with Crippen molar-refractivity contribution in [1.82, 2.24) is 10.3 Å². The maximum absolute atomic E-state index is 14.8. The van der Waals surface area contributed by atoms with E-state index in [0.717, 1.165) is 32.7 Å². The Kier molecular flexibility index (Phi) is 6.36. The molecule has 2 aliphatic heterocycles. The lowest BCUT2D eigenvalue weighted by molar-refractivity contribution is -0.130. The summed E-state index contributed by atoms with van der Waals surface area (Å²) in [6.45, 7) is 8.46. The highest BCUT2D eigenvalue weighted by atomic mass is 19.1. The number of carbonyl (C=O) groups excluding carboxylic acids is 1. The number of hydrogen-bond donors (Lipinski definition) is 1. The number of nitrogens with zero attached hydrogens (tertiary/aromatic N) is 3. The van der Waals surface area contributed by atoms with Gasteiger partial charge in [0.05, 0.1) is 11.4 Å². The molecule has 0 spiro atoms. The number of fused-ring (bicyclic) bond motifs is 1. The summed E-state index contributed by atoms with van der Waals surface area (Å²) >= 11 is 0. The van der Waals surface area contributed by atoms with Gasteiger partial charge in [0, 0.05) is 31.7 Å². The molecule has 4 rings (SSSR count). The molecule has 0 unspecified atom stereocenters. The molecule has 8 heteroatoms. The van der Waals surface area contributed by atoms with Crippen molar-refractivity contribution >= 4 is 17.3 Å². The van der Waals surface area contributed by atoms with Gasteiger partial charge < -0.3 is 19.3 Å². The number of hydrazone groups is 1. The number of nitrogens with one attached hydrogen (secondary N) is 1. The number of ether oxygens (including phenoxy) is 2. The molecule has 0 saturated carbocycles. The summed E-state index contributed by atoms with van der Waals surface area (Å²) in [5, 5.41) is 4.12. The van der Waals surface area contributed by atoms with Gasteiger partial charge in [-0.05, 0) is 37.7 Å². The summed E-state index contributed by atoms with van der Waals surface area (Å²) in [7, 11) is 0. The highest BCUT2D eigenvalue weighted by Crippen LogP contribution is 2.30. The van der Waals surface area contributed by atoms with Crippen molar-refractivity contribution in [3.63, 3.8) is 0 Å². The Morgan fingerprint density at radius 1 is 1.16 bits per heavy atom. The Hall–Kier alpha value is -3.13. The first-order valence-electron chi connectivity index (χ1n) is 10.5. The third-order valence-electron chi connectivity index (χ3n) is 5.66. The average molecular weight is 426 g/mol. The minimum Gasteiger partial charge on any atom is -0.485 e. The van der Waals surface area contributed by atoms with Gasteiger partial charge in [-0.2, -0.15) is 5.10 Å². The normalized spacial score (nSPS) is 19.3. The van der Waals surface area contributed by atoms with E-state index in [0.29, 0.717) is 28.5 Å². The number of likely N-dealkylation sites (N-methyl/N-ethyl adjacent to an activating group) is 1. The van der Waals surface area contributed by atoms with Crippen LogP contribution in [0.5, 0.6) is 11.5 Å². The predicted octanol–water partition coefficient (Wildman–Crippen LogP) is 2.65. The lowest BCUT2D eigenvalue weighted by Gasteiger charge is -2.35. The van der Waals surface area contributed by atoms with Crippen molar-refractivity contribution in [3.05, 3.63) is 53.8 Å². The molecule has 31 heavy (non-hydrogen) atoms. The molecular weight excluding hydrogens is 399 g/mol. The van der Waals surface area contributed by atoms with E-state index in [1.165, 1.54) is 6.07 Å². The van der Waals surface area contributed by atoms with Crippen LogP contribution in [0.4, 0.5) is 10.1 Å². The van der Waals surface area contributed by atoms with Crippen LogP contribution in [0.3, 0.4) is 0 Å². The van der Waals surface area contributed by atoms with Crippen molar-refractivity contribution in [3.8, 4) is 11.5 Å². The second-order valence-electron chi connectivity index (χ2n) is 7.63. The topological polar surface area (TPSA) is 66.4 Å². The van der Waals surface area contributed by atoms with Crippen LogP contribution in [0.1, 0.15) is 19.4 Å². The van der Waals surface area contributed by atoms with E-state index in [9.17, 15) is 9.18 Å². The van der Waals surface area contributed by atoms with Crippen molar-refractivity contribution in [2.24, 2.45) is 5.10 Å². The highest BCUT2D eigenvalue weighted by Gasteiger charge is 2.27. The van der Waals surface area contributed by atoms with Crippen LogP contribution in [0.15, 0.2) is 47.6 Å². The zero-order chi connectivity index (χ0) is 21.8. The van der Waals surface area contributed by atoms with Crippen molar-refractivity contribution in [1.29, 1.82) is 0 Å². The van der Waals surface area contributed by atoms with Gasteiger partial charge in [0.15, 0.2) is 11.5 Å². The van der Waals surface area contributed by atoms with Crippen LogP contribution in [-0.4, -0.2) is 62.0 Å². The molecule has 0 aliphatic carbocycles. The number of hydrogen-bond acceptors (Lipinski definition) is 6. The summed E-state index contributed by atoms with van der Waals surface area (Å²) in [5.41, 5.74) is 4.21. The number of benzene rings is 2. The zero-order valence-corrected chi connectivity index (χ0v) is 17.8. The van der Waals surface area contributed by atoms with E-state index in [4.69, 9.17) is 9.47 Å². The van der Waals surface area contributed by atoms with Crippen LogP contribution < -0.4 is 19.8 Å². The molecular formula is C23H27FN4O3. The summed E-state index contributed by atoms with van der Waals surface area (Å²) in [6.07, 6.45) is -0.799. The first-order valence-corrected chi connectivity index (χ1v) is 10.5. The fourth-order valence-electron chi connectivity index (χ4n) is 3.72. The maximum atomic E-state index is 14.8. The van der Waals surface area contributed by atoms with Crippen LogP contribution >= 0.6 is 0 Å². The van der Waals surface area contributed by atoms with Gasteiger partial charge >= 0.3 is 0 Å². The number of carbonyl (C=O) groups is 1. The Morgan fingerprint density at radius 3 is 2.61 bits per heavy atom. The minimum atomic E-state index is -0.799. The molecule has 0 bridgehead atoms. The molecule has 7 nitrogen and oxygen atoms in total. The Bertz CT molecular complexity index is 973. The highest BCUT2D eigenvalue weighted by molar-refractivity contribution is 5.99. The zero-order valence-electron chi connectivity index (χ0n) is 17.8. The van der Waals surface area contributed by atoms with Crippen LogP contribution in [0.25, 0.3) is 0 Å². The monoisotopic (exact) mass is 426 g/mol. The molecule has 1 amide bonds. The number of rotatable bonds is 5. The molecule has 1 N–H and O–H groups in total. The van der Waals surface area contributed by atoms with Crippen molar-refractivity contribution < 1.29 is 18.7 Å². The van der Waals surface area contributed by atoms with Crippen molar-refractivity contribution in [2.45, 2.75) is 20.0 Å². The van der Waals surface area contributed by atoms with Gasteiger partial charge in [-0.15, -0.1) is 0 Å². The Labute approximate surface area is 181 Å². The fourth-order valence-corrected chi connectivity index (χ4v) is 3.72. The number of para-hydroxylation sites is 2. The number of anilines is 1. The van der Waals surface area contributed by atoms with E-state index in [1.807, 2.05) is 18.2 Å². The number of amides is 1. The molecule has 0 radical (unpaired) electrons. The molecule has 2 aliphatic rings.